The molecule has 4 nitrogen and oxygen atoms in total. The number of aromatic nitrogens is 1. The van der Waals surface area contributed by atoms with Crippen LogP contribution in [0.5, 0.6) is 5.75 Å². The number of fused-ring (bicyclic) bond motifs is 1. The van der Waals surface area contributed by atoms with Crippen LogP contribution in [0.2, 0.25) is 13.1 Å². The summed E-state index contributed by atoms with van der Waals surface area (Å²) in [7, 11) is -1.34. The third kappa shape index (κ3) is 4.44. The van der Waals surface area contributed by atoms with Crippen molar-refractivity contribution < 1.29 is 18.1 Å². The third-order valence-corrected chi connectivity index (χ3v) is 5.40. The van der Waals surface area contributed by atoms with Crippen LogP contribution in [-0.2, 0) is 11.0 Å². The maximum Gasteiger partial charge on any atom is 0.176 e. The maximum absolute atomic E-state index is 13.2. The standard InChI is InChI=1S/C22H28FNO3Si/c1-14-17-11-12-18(25-13-15-7-9-16(23)10-8-15)19(20(17)26-24-14)21(22(2,3)4)27-28(5)6/h7-12,21,28H,13H2,1-6H3. The van der Waals surface area contributed by atoms with Crippen molar-refractivity contribution in [2.24, 2.45) is 5.41 Å². The van der Waals surface area contributed by atoms with Gasteiger partial charge < -0.3 is 13.7 Å². The minimum atomic E-state index is -1.34. The Morgan fingerprint density at radius 2 is 1.79 bits per heavy atom. The van der Waals surface area contributed by atoms with Gasteiger partial charge in [-0.3, -0.25) is 0 Å². The summed E-state index contributed by atoms with van der Waals surface area (Å²) in [6.45, 7) is 13.0. The molecule has 1 unspecified atom stereocenters. The number of ether oxygens (including phenoxy) is 1. The fourth-order valence-electron chi connectivity index (χ4n) is 3.22. The lowest BCUT2D eigenvalue weighted by Gasteiger charge is -2.33. The molecule has 0 saturated heterocycles. The summed E-state index contributed by atoms with van der Waals surface area (Å²) in [4.78, 5) is 0. The fraction of sp³-hybridized carbons (Fsp3) is 0.409. The predicted molar refractivity (Wildman–Crippen MR) is 112 cm³/mol. The smallest absolute Gasteiger partial charge is 0.176 e. The monoisotopic (exact) mass is 401 g/mol. The first-order valence-corrected chi connectivity index (χ1v) is 12.4. The molecule has 6 heteroatoms. The Morgan fingerprint density at radius 1 is 1.11 bits per heavy atom. The number of nitrogens with zero attached hydrogens (tertiary/aromatic N) is 1. The zero-order chi connectivity index (χ0) is 20.5. The highest BCUT2D eigenvalue weighted by Gasteiger charge is 2.34. The molecule has 0 N–H and O–H groups in total. The Balaban J connectivity index is 2.06. The molecule has 0 amide bonds. The van der Waals surface area contributed by atoms with Gasteiger partial charge >= 0.3 is 0 Å². The quantitative estimate of drug-likeness (QED) is 0.479. The highest BCUT2D eigenvalue weighted by Crippen LogP contribution is 2.45. The van der Waals surface area contributed by atoms with Crippen molar-refractivity contribution in [2.75, 3.05) is 0 Å². The summed E-state index contributed by atoms with van der Waals surface area (Å²) < 4.78 is 31.5. The zero-order valence-corrected chi connectivity index (χ0v) is 18.5. The Morgan fingerprint density at radius 3 is 2.39 bits per heavy atom. The van der Waals surface area contributed by atoms with E-state index in [0.717, 1.165) is 22.2 Å². The number of benzene rings is 2. The number of rotatable bonds is 6. The van der Waals surface area contributed by atoms with Crippen LogP contribution in [0, 0.1) is 18.2 Å². The maximum atomic E-state index is 13.2. The van der Waals surface area contributed by atoms with Crippen LogP contribution in [0.15, 0.2) is 40.9 Å². The number of halogens is 1. The molecular formula is C22H28FNO3Si. The molecule has 1 atom stereocenters. The minimum Gasteiger partial charge on any atom is -0.488 e. The normalized spacial score (nSPS) is 13.3. The number of hydrogen-bond donors (Lipinski definition) is 0. The molecule has 0 aliphatic carbocycles. The lowest BCUT2D eigenvalue weighted by molar-refractivity contribution is 0.0831. The average Bonchev–Trinajstić information content (AvgIpc) is 2.99. The molecule has 0 radical (unpaired) electrons. The number of aryl methyl sites for hydroxylation is 1. The minimum absolute atomic E-state index is 0.153. The van der Waals surface area contributed by atoms with Gasteiger partial charge in [0.25, 0.3) is 0 Å². The third-order valence-electron chi connectivity index (χ3n) is 4.58. The van der Waals surface area contributed by atoms with Gasteiger partial charge in [-0.15, -0.1) is 0 Å². The second kappa shape index (κ2) is 8.05. The van der Waals surface area contributed by atoms with E-state index in [-0.39, 0.29) is 17.3 Å². The van der Waals surface area contributed by atoms with Crippen molar-refractivity contribution in [1.29, 1.82) is 0 Å². The van der Waals surface area contributed by atoms with E-state index in [9.17, 15) is 4.39 Å². The molecule has 2 aromatic carbocycles. The Bertz CT molecular complexity index is 945. The molecule has 1 heterocycles. The Kier molecular flexibility index (Phi) is 5.91. The summed E-state index contributed by atoms with van der Waals surface area (Å²) in [5.41, 5.74) is 3.20. The predicted octanol–water partition coefficient (Wildman–Crippen LogP) is 5.94. The number of hydrogen-bond acceptors (Lipinski definition) is 4. The van der Waals surface area contributed by atoms with Crippen LogP contribution in [0.4, 0.5) is 4.39 Å². The first-order valence-electron chi connectivity index (χ1n) is 9.58. The largest absolute Gasteiger partial charge is 0.488 e. The van der Waals surface area contributed by atoms with Gasteiger partial charge in [-0.25, -0.2) is 4.39 Å². The zero-order valence-electron chi connectivity index (χ0n) is 17.4. The van der Waals surface area contributed by atoms with Gasteiger partial charge in [0.2, 0.25) is 0 Å². The molecule has 3 aromatic rings. The van der Waals surface area contributed by atoms with Crippen molar-refractivity contribution >= 4 is 20.0 Å². The Labute approximate surface area is 167 Å². The fourth-order valence-corrected chi connectivity index (χ4v) is 4.31. The van der Waals surface area contributed by atoms with Gasteiger partial charge in [0.05, 0.1) is 17.4 Å². The van der Waals surface area contributed by atoms with E-state index in [0.29, 0.717) is 17.9 Å². The van der Waals surface area contributed by atoms with Crippen molar-refractivity contribution in [3.05, 3.63) is 59.0 Å². The molecular weight excluding hydrogens is 373 g/mol. The van der Waals surface area contributed by atoms with E-state index in [1.54, 1.807) is 12.1 Å². The first kappa shape index (κ1) is 20.5. The van der Waals surface area contributed by atoms with E-state index < -0.39 is 9.04 Å². The van der Waals surface area contributed by atoms with Crippen molar-refractivity contribution in [2.45, 2.75) is 53.5 Å². The van der Waals surface area contributed by atoms with E-state index in [4.69, 9.17) is 13.7 Å². The first-order chi connectivity index (χ1) is 13.2. The van der Waals surface area contributed by atoms with Crippen LogP contribution in [0.25, 0.3) is 11.0 Å². The molecule has 1 aromatic heterocycles. The van der Waals surface area contributed by atoms with E-state index in [1.165, 1.54) is 12.1 Å². The summed E-state index contributed by atoms with van der Waals surface area (Å²) in [6.07, 6.45) is -0.182. The van der Waals surface area contributed by atoms with Gasteiger partial charge in [0, 0.05) is 5.39 Å². The summed E-state index contributed by atoms with van der Waals surface area (Å²) in [5, 5.41) is 5.12. The van der Waals surface area contributed by atoms with Crippen LogP contribution in [-0.4, -0.2) is 14.2 Å². The molecule has 3 rings (SSSR count). The van der Waals surface area contributed by atoms with Crippen LogP contribution in [0.1, 0.15) is 43.7 Å². The van der Waals surface area contributed by atoms with Gasteiger partial charge in [0.1, 0.15) is 18.2 Å². The van der Waals surface area contributed by atoms with Crippen molar-refractivity contribution in [3.63, 3.8) is 0 Å². The van der Waals surface area contributed by atoms with Crippen LogP contribution in [0.3, 0.4) is 0 Å². The summed E-state index contributed by atoms with van der Waals surface area (Å²) in [5.74, 6) is 0.452. The second-order valence-corrected chi connectivity index (χ2v) is 10.8. The lowest BCUT2D eigenvalue weighted by Crippen LogP contribution is -2.26. The molecule has 0 aliphatic heterocycles. The SMILES string of the molecule is Cc1noc2c(C(O[SiH](C)C)C(C)(C)C)c(OCc3ccc(F)cc3)ccc12. The van der Waals surface area contributed by atoms with E-state index in [1.807, 2.05) is 19.1 Å². The molecule has 0 fully saturated rings. The average molecular weight is 402 g/mol. The Hall–Kier alpha value is -2.18. The van der Waals surface area contributed by atoms with Gasteiger partial charge in [0.15, 0.2) is 14.6 Å². The van der Waals surface area contributed by atoms with Gasteiger partial charge in [-0.1, -0.05) is 38.1 Å². The molecule has 0 spiro atoms. The summed E-state index contributed by atoms with van der Waals surface area (Å²) >= 11 is 0. The van der Waals surface area contributed by atoms with Crippen LogP contribution >= 0.6 is 0 Å². The molecule has 0 bridgehead atoms. The second-order valence-electron chi connectivity index (χ2n) is 8.47. The lowest BCUT2D eigenvalue weighted by atomic mass is 9.83. The summed E-state index contributed by atoms with van der Waals surface area (Å²) in [6, 6.07) is 10.3. The highest BCUT2D eigenvalue weighted by atomic mass is 28.3. The molecule has 0 aliphatic rings. The molecule has 0 saturated carbocycles. The van der Waals surface area contributed by atoms with Crippen molar-refractivity contribution in [3.8, 4) is 5.75 Å². The molecule has 28 heavy (non-hydrogen) atoms. The topological polar surface area (TPSA) is 44.5 Å². The van der Waals surface area contributed by atoms with Gasteiger partial charge in [-0.2, -0.15) is 0 Å². The van der Waals surface area contributed by atoms with E-state index >= 15 is 0 Å². The van der Waals surface area contributed by atoms with Gasteiger partial charge in [-0.05, 0) is 55.3 Å². The molecule has 150 valence electrons. The van der Waals surface area contributed by atoms with Crippen LogP contribution < -0.4 is 4.74 Å². The highest BCUT2D eigenvalue weighted by molar-refractivity contribution is 6.48. The van der Waals surface area contributed by atoms with Crippen molar-refractivity contribution in [1.82, 2.24) is 5.16 Å². The van der Waals surface area contributed by atoms with E-state index in [2.05, 4.69) is 39.0 Å².